The summed E-state index contributed by atoms with van der Waals surface area (Å²) in [7, 11) is 0. The minimum atomic E-state index is -1.02. The van der Waals surface area contributed by atoms with Gasteiger partial charge in [0.2, 0.25) is 0 Å². The molecular formula is C17H23NO4. The number of anilines is 1. The number of ether oxygens (including phenoxy) is 1. The van der Waals surface area contributed by atoms with E-state index >= 15 is 0 Å². The molecule has 1 aromatic rings. The number of nitrogens with zero attached hydrogens (tertiary/aromatic N) is 1. The zero-order valence-electron chi connectivity index (χ0n) is 13.3. The summed E-state index contributed by atoms with van der Waals surface area (Å²) in [5.74, 6) is -0.461. The summed E-state index contributed by atoms with van der Waals surface area (Å²) >= 11 is 0. The zero-order chi connectivity index (χ0) is 16.3. The monoisotopic (exact) mass is 305 g/mol. The number of hydrogen-bond acceptors (Lipinski definition) is 5. The fourth-order valence-corrected chi connectivity index (χ4v) is 2.83. The lowest BCUT2D eigenvalue weighted by atomic mass is 9.93. The lowest BCUT2D eigenvalue weighted by Crippen LogP contribution is -2.41. The van der Waals surface area contributed by atoms with Crippen LogP contribution in [-0.4, -0.2) is 35.6 Å². The molecule has 0 saturated heterocycles. The Hall–Kier alpha value is -2.01. The van der Waals surface area contributed by atoms with E-state index in [0.29, 0.717) is 17.7 Å². The number of esters is 1. The molecule has 5 heteroatoms. The summed E-state index contributed by atoms with van der Waals surface area (Å²) in [6, 6.07) is 5.67. The lowest BCUT2D eigenvalue weighted by molar-refractivity contribution is -0.142. The van der Waals surface area contributed by atoms with Crippen molar-refractivity contribution in [2.45, 2.75) is 39.8 Å². The molecular weight excluding hydrogens is 282 g/mol. The fourth-order valence-electron chi connectivity index (χ4n) is 2.83. The van der Waals surface area contributed by atoms with Crippen LogP contribution in [0.1, 0.15) is 37.8 Å². The topological polar surface area (TPSA) is 70.0 Å². The molecule has 22 heavy (non-hydrogen) atoms. The van der Waals surface area contributed by atoms with Crippen molar-refractivity contribution in [3.8, 4) is 0 Å². The molecule has 1 heterocycles. The largest absolute Gasteiger partial charge is 0.507 e. The van der Waals surface area contributed by atoms with E-state index in [1.54, 1.807) is 6.92 Å². The maximum Gasteiger partial charge on any atom is 0.310 e. The Labute approximate surface area is 130 Å². The van der Waals surface area contributed by atoms with Crippen molar-refractivity contribution in [3.63, 3.8) is 0 Å². The molecule has 2 rings (SSSR count). The van der Waals surface area contributed by atoms with Crippen LogP contribution >= 0.6 is 0 Å². The van der Waals surface area contributed by atoms with Crippen molar-refractivity contribution in [2.24, 2.45) is 0 Å². The van der Waals surface area contributed by atoms with Gasteiger partial charge in [0, 0.05) is 17.7 Å². The average Bonchev–Trinajstić information content (AvgIpc) is 2.48. The second-order valence-corrected chi connectivity index (χ2v) is 5.39. The van der Waals surface area contributed by atoms with E-state index in [1.807, 2.05) is 36.9 Å². The van der Waals surface area contributed by atoms with E-state index in [0.717, 1.165) is 17.7 Å². The molecule has 0 aromatic heterocycles. The molecule has 0 amide bonds. The van der Waals surface area contributed by atoms with Gasteiger partial charge in [0.1, 0.15) is 5.76 Å². The number of hydrogen-bond donors (Lipinski definition) is 2. The average molecular weight is 305 g/mol. The molecule has 1 aromatic carbocycles. The molecule has 0 fully saturated rings. The number of benzene rings is 1. The van der Waals surface area contributed by atoms with Crippen molar-refractivity contribution in [3.05, 3.63) is 34.9 Å². The molecule has 0 aliphatic carbocycles. The van der Waals surface area contributed by atoms with Gasteiger partial charge in [0.15, 0.2) is 6.23 Å². The Balaban J connectivity index is 2.49. The first-order valence-corrected chi connectivity index (χ1v) is 7.63. The Kier molecular flexibility index (Phi) is 5.08. The predicted octanol–water partition coefficient (Wildman–Crippen LogP) is 2.77. The Morgan fingerprint density at radius 3 is 2.73 bits per heavy atom. The van der Waals surface area contributed by atoms with Gasteiger partial charge in [-0.25, -0.2) is 0 Å². The normalized spacial score (nSPS) is 17.5. The lowest BCUT2D eigenvalue weighted by Gasteiger charge is -2.37. The summed E-state index contributed by atoms with van der Waals surface area (Å²) in [5.41, 5.74) is 2.68. The number of aliphatic hydroxyl groups is 2. The van der Waals surface area contributed by atoms with Crippen LogP contribution in [0.3, 0.4) is 0 Å². The Morgan fingerprint density at radius 1 is 1.36 bits per heavy atom. The first kappa shape index (κ1) is 16.4. The summed E-state index contributed by atoms with van der Waals surface area (Å²) in [6.07, 6.45) is -0.286. The predicted molar refractivity (Wildman–Crippen MR) is 85.6 cm³/mol. The second-order valence-electron chi connectivity index (χ2n) is 5.39. The van der Waals surface area contributed by atoms with E-state index < -0.39 is 12.2 Å². The highest BCUT2D eigenvalue weighted by molar-refractivity contribution is 5.85. The number of aliphatic hydroxyl groups excluding tert-OH is 2. The molecule has 5 nitrogen and oxygen atoms in total. The smallest absolute Gasteiger partial charge is 0.310 e. The van der Waals surface area contributed by atoms with E-state index in [2.05, 4.69) is 0 Å². The van der Waals surface area contributed by atoms with Crippen LogP contribution in [0.2, 0.25) is 0 Å². The van der Waals surface area contributed by atoms with E-state index in [1.165, 1.54) is 0 Å². The molecule has 0 spiro atoms. The van der Waals surface area contributed by atoms with Crippen LogP contribution in [0.15, 0.2) is 23.8 Å². The van der Waals surface area contributed by atoms with Crippen LogP contribution in [0, 0.1) is 6.92 Å². The van der Waals surface area contributed by atoms with Crippen LogP contribution in [0.4, 0.5) is 5.69 Å². The standard InChI is InChI=1S/C17H23NO4/c1-4-9-18-13-8-6-7-11(3)15(13)16(20)12(17(18)21)10-14(19)22-5-2/h6-8,17,20-21H,4-5,9-10H2,1-3H3. The Bertz CT molecular complexity index is 594. The van der Waals surface area contributed by atoms with Gasteiger partial charge in [-0.3, -0.25) is 4.79 Å². The van der Waals surface area contributed by atoms with Gasteiger partial charge >= 0.3 is 5.97 Å². The maximum atomic E-state index is 11.8. The SMILES string of the molecule is CCCN1c2cccc(C)c2C(O)=C(CC(=O)OCC)C1O. The van der Waals surface area contributed by atoms with Crippen molar-refractivity contribution in [1.29, 1.82) is 0 Å². The zero-order valence-corrected chi connectivity index (χ0v) is 13.3. The van der Waals surface area contributed by atoms with Crippen LogP contribution in [0.25, 0.3) is 5.76 Å². The number of carbonyl (C=O) groups is 1. The van der Waals surface area contributed by atoms with Gasteiger partial charge in [-0.1, -0.05) is 19.1 Å². The third-order valence-corrected chi connectivity index (χ3v) is 3.81. The second kappa shape index (κ2) is 6.83. The van der Waals surface area contributed by atoms with Crippen molar-refractivity contribution in [1.82, 2.24) is 0 Å². The van der Waals surface area contributed by atoms with Crippen LogP contribution < -0.4 is 4.90 Å². The van der Waals surface area contributed by atoms with Crippen molar-refractivity contribution < 1.29 is 19.7 Å². The number of rotatable bonds is 5. The highest BCUT2D eigenvalue weighted by Gasteiger charge is 2.33. The van der Waals surface area contributed by atoms with E-state index in [9.17, 15) is 15.0 Å². The highest BCUT2D eigenvalue weighted by atomic mass is 16.5. The maximum absolute atomic E-state index is 11.8. The molecule has 1 aliphatic rings. The molecule has 2 N–H and O–H groups in total. The van der Waals surface area contributed by atoms with Gasteiger partial charge in [0.25, 0.3) is 0 Å². The molecule has 0 saturated carbocycles. The summed E-state index contributed by atoms with van der Waals surface area (Å²) in [5, 5.41) is 21.1. The molecule has 0 bridgehead atoms. The Morgan fingerprint density at radius 2 is 2.09 bits per heavy atom. The minimum absolute atomic E-state index is 0.0130. The first-order valence-electron chi connectivity index (χ1n) is 7.63. The third kappa shape index (κ3) is 2.95. The molecule has 0 radical (unpaired) electrons. The van der Waals surface area contributed by atoms with Gasteiger partial charge in [0.05, 0.1) is 18.7 Å². The quantitative estimate of drug-likeness (QED) is 0.819. The molecule has 1 aliphatic heterocycles. The minimum Gasteiger partial charge on any atom is -0.507 e. The number of carbonyl (C=O) groups excluding carboxylic acids is 1. The summed E-state index contributed by atoms with van der Waals surface area (Å²) in [4.78, 5) is 13.6. The molecule has 1 unspecified atom stereocenters. The van der Waals surface area contributed by atoms with E-state index in [-0.39, 0.29) is 18.8 Å². The van der Waals surface area contributed by atoms with Gasteiger partial charge < -0.3 is 19.8 Å². The van der Waals surface area contributed by atoms with Crippen molar-refractivity contribution >= 4 is 17.4 Å². The fraction of sp³-hybridized carbons (Fsp3) is 0.471. The summed E-state index contributed by atoms with van der Waals surface area (Å²) < 4.78 is 4.94. The highest BCUT2D eigenvalue weighted by Crippen LogP contribution is 2.39. The van der Waals surface area contributed by atoms with Gasteiger partial charge in [-0.05, 0) is 31.9 Å². The van der Waals surface area contributed by atoms with Crippen LogP contribution in [0.5, 0.6) is 0 Å². The van der Waals surface area contributed by atoms with E-state index in [4.69, 9.17) is 4.74 Å². The molecule has 120 valence electrons. The molecule has 1 atom stereocenters. The third-order valence-electron chi connectivity index (χ3n) is 3.81. The van der Waals surface area contributed by atoms with Crippen molar-refractivity contribution in [2.75, 3.05) is 18.1 Å². The first-order chi connectivity index (χ1) is 10.5. The van der Waals surface area contributed by atoms with Gasteiger partial charge in [-0.2, -0.15) is 0 Å². The number of fused-ring (bicyclic) bond motifs is 1. The van der Waals surface area contributed by atoms with Gasteiger partial charge in [-0.15, -0.1) is 0 Å². The van der Waals surface area contributed by atoms with Crippen LogP contribution in [-0.2, 0) is 9.53 Å². The summed E-state index contributed by atoms with van der Waals surface area (Å²) in [6.45, 7) is 6.56. The number of aryl methyl sites for hydroxylation is 1.